The van der Waals surface area contributed by atoms with Gasteiger partial charge in [0, 0.05) is 12.1 Å². The third-order valence-electron chi connectivity index (χ3n) is 2.31. The van der Waals surface area contributed by atoms with Gasteiger partial charge in [-0.15, -0.1) is 0 Å². The van der Waals surface area contributed by atoms with Crippen LogP contribution in [0, 0.1) is 0 Å². The molecule has 1 aromatic carbocycles. The van der Waals surface area contributed by atoms with E-state index in [4.69, 9.17) is 10.2 Å². The first-order valence-electron chi connectivity index (χ1n) is 4.82. The maximum absolute atomic E-state index is 12.4. The van der Waals surface area contributed by atoms with Gasteiger partial charge in [-0.1, -0.05) is 12.1 Å². The van der Waals surface area contributed by atoms with Crippen LogP contribution in [0.25, 0.3) is 11.3 Å². The van der Waals surface area contributed by atoms with Crippen molar-refractivity contribution < 1.29 is 17.6 Å². The van der Waals surface area contributed by atoms with Crippen molar-refractivity contribution in [2.45, 2.75) is 12.7 Å². The van der Waals surface area contributed by atoms with Crippen LogP contribution in [0.2, 0.25) is 0 Å². The van der Waals surface area contributed by atoms with E-state index in [0.29, 0.717) is 17.0 Å². The van der Waals surface area contributed by atoms with Crippen LogP contribution in [0.3, 0.4) is 0 Å². The lowest BCUT2D eigenvalue weighted by molar-refractivity contribution is -0.137. The summed E-state index contributed by atoms with van der Waals surface area (Å²) >= 11 is 0. The van der Waals surface area contributed by atoms with E-state index in [1.807, 2.05) is 0 Å². The summed E-state index contributed by atoms with van der Waals surface area (Å²) in [5.74, 6) is 0.404. The molecule has 3 nitrogen and oxygen atoms in total. The van der Waals surface area contributed by atoms with Crippen LogP contribution >= 0.6 is 0 Å². The molecule has 0 aliphatic carbocycles. The molecular formula is C11H9F3N2O. The van der Waals surface area contributed by atoms with E-state index in [2.05, 4.69) is 4.98 Å². The molecule has 0 amide bonds. The Labute approximate surface area is 95.1 Å². The van der Waals surface area contributed by atoms with Crippen molar-refractivity contribution in [3.8, 4) is 11.3 Å². The zero-order valence-electron chi connectivity index (χ0n) is 8.66. The molecule has 0 saturated carbocycles. The Morgan fingerprint density at radius 3 is 2.35 bits per heavy atom. The van der Waals surface area contributed by atoms with Crippen molar-refractivity contribution >= 4 is 0 Å². The number of nitrogens with zero attached hydrogens (tertiary/aromatic N) is 1. The molecule has 6 heteroatoms. The lowest BCUT2D eigenvalue weighted by Gasteiger charge is -2.06. The SMILES string of the molecule is NCc1ncoc1-c1ccc(C(F)(F)F)cc1. The summed E-state index contributed by atoms with van der Waals surface area (Å²) in [6, 6.07) is 4.67. The fourth-order valence-electron chi connectivity index (χ4n) is 1.46. The smallest absolute Gasteiger partial charge is 0.416 e. The Hall–Kier alpha value is -1.82. The lowest BCUT2D eigenvalue weighted by Crippen LogP contribution is -2.04. The number of hydrogen-bond donors (Lipinski definition) is 1. The predicted octanol–water partition coefficient (Wildman–Crippen LogP) is 2.82. The van der Waals surface area contributed by atoms with Gasteiger partial charge in [-0.3, -0.25) is 0 Å². The molecule has 0 fully saturated rings. The normalized spacial score (nSPS) is 11.8. The summed E-state index contributed by atoms with van der Waals surface area (Å²) in [4.78, 5) is 3.87. The van der Waals surface area contributed by atoms with Crippen molar-refractivity contribution in [2.75, 3.05) is 0 Å². The van der Waals surface area contributed by atoms with Gasteiger partial charge in [0.1, 0.15) is 5.69 Å². The molecule has 17 heavy (non-hydrogen) atoms. The number of aromatic nitrogens is 1. The molecule has 2 N–H and O–H groups in total. The van der Waals surface area contributed by atoms with Gasteiger partial charge in [0.05, 0.1) is 5.56 Å². The number of nitrogens with two attached hydrogens (primary N) is 1. The van der Waals surface area contributed by atoms with Crippen LogP contribution in [0.5, 0.6) is 0 Å². The molecule has 90 valence electrons. The Bertz CT molecular complexity index is 502. The van der Waals surface area contributed by atoms with Gasteiger partial charge in [0.25, 0.3) is 0 Å². The maximum Gasteiger partial charge on any atom is 0.416 e. The molecule has 0 bridgehead atoms. The molecule has 0 atom stereocenters. The minimum Gasteiger partial charge on any atom is -0.443 e. The molecule has 0 spiro atoms. The molecular weight excluding hydrogens is 233 g/mol. The summed E-state index contributed by atoms with van der Waals surface area (Å²) in [6.07, 6.45) is -3.12. The summed E-state index contributed by atoms with van der Waals surface area (Å²) in [5, 5.41) is 0. The van der Waals surface area contributed by atoms with E-state index in [1.165, 1.54) is 18.5 Å². The average Bonchev–Trinajstić information content (AvgIpc) is 2.76. The van der Waals surface area contributed by atoms with Crippen LogP contribution in [0.4, 0.5) is 13.2 Å². The quantitative estimate of drug-likeness (QED) is 0.880. The molecule has 1 heterocycles. The third kappa shape index (κ3) is 2.31. The molecule has 2 aromatic rings. The highest BCUT2D eigenvalue weighted by Crippen LogP contribution is 2.31. The fourth-order valence-corrected chi connectivity index (χ4v) is 1.46. The van der Waals surface area contributed by atoms with Crippen LogP contribution in [0.15, 0.2) is 35.1 Å². The van der Waals surface area contributed by atoms with Crippen LogP contribution in [0.1, 0.15) is 11.3 Å². The molecule has 1 aromatic heterocycles. The van der Waals surface area contributed by atoms with Crippen molar-refractivity contribution in [1.82, 2.24) is 4.98 Å². The Morgan fingerprint density at radius 1 is 1.18 bits per heavy atom. The van der Waals surface area contributed by atoms with Crippen molar-refractivity contribution in [3.05, 3.63) is 41.9 Å². The van der Waals surface area contributed by atoms with Crippen molar-refractivity contribution in [1.29, 1.82) is 0 Å². The molecule has 2 rings (SSSR count). The van der Waals surface area contributed by atoms with Crippen LogP contribution < -0.4 is 5.73 Å². The second-order valence-corrected chi connectivity index (χ2v) is 3.41. The zero-order chi connectivity index (χ0) is 12.5. The second kappa shape index (κ2) is 4.21. The monoisotopic (exact) mass is 242 g/mol. The fraction of sp³-hybridized carbons (Fsp3) is 0.182. The van der Waals surface area contributed by atoms with Gasteiger partial charge >= 0.3 is 6.18 Å². The number of hydrogen-bond acceptors (Lipinski definition) is 3. The summed E-state index contributed by atoms with van der Waals surface area (Å²) in [7, 11) is 0. The highest BCUT2D eigenvalue weighted by atomic mass is 19.4. The first kappa shape index (κ1) is 11.7. The number of alkyl halides is 3. The maximum atomic E-state index is 12.4. The van der Waals surface area contributed by atoms with E-state index in [-0.39, 0.29) is 6.54 Å². The topological polar surface area (TPSA) is 52.0 Å². The summed E-state index contributed by atoms with van der Waals surface area (Å²) in [5.41, 5.74) is 5.77. The van der Waals surface area contributed by atoms with Gasteiger partial charge in [0.15, 0.2) is 12.2 Å². The number of halogens is 3. The predicted molar refractivity (Wildman–Crippen MR) is 54.8 cm³/mol. The first-order valence-corrected chi connectivity index (χ1v) is 4.82. The van der Waals surface area contributed by atoms with Gasteiger partial charge in [-0.05, 0) is 12.1 Å². The zero-order valence-corrected chi connectivity index (χ0v) is 8.66. The molecule has 0 saturated heterocycles. The van der Waals surface area contributed by atoms with E-state index in [1.54, 1.807) is 0 Å². The first-order chi connectivity index (χ1) is 8.02. The van der Waals surface area contributed by atoms with E-state index >= 15 is 0 Å². The summed E-state index contributed by atoms with van der Waals surface area (Å²) in [6.45, 7) is 0.173. The van der Waals surface area contributed by atoms with E-state index in [9.17, 15) is 13.2 Å². The highest BCUT2D eigenvalue weighted by molar-refractivity contribution is 5.60. The lowest BCUT2D eigenvalue weighted by atomic mass is 10.1. The Balaban J connectivity index is 2.36. The molecule has 0 aliphatic heterocycles. The van der Waals surface area contributed by atoms with Gasteiger partial charge < -0.3 is 10.2 Å². The minimum atomic E-state index is -4.34. The van der Waals surface area contributed by atoms with Crippen LogP contribution in [-0.2, 0) is 12.7 Å². The highest BCUT2D eigenvalue weighted by Gasteiger charge is 2.30. The van der Waals surface area contributed by atoms with Crippen LogP contribution in [-0.4, -0.2) is 4.98 Å². The average molecular weight is 242 g/mol. The number of rotatable bonds is 2. The minimum absolute atomic E-state index is 0.173. The van der Waals surface area contributed by atoms with Crippen molar-refractivity contribution in [3.63, 3.8) is 0 Å². The van der Waals surface area contributed by atoms with E-state index < -0.39 is 11.7 Å². The van der Waals surface area contributed by atoms with Crippen molar-refractivity contribution in [2.24, 2.45) is 5.73 Å². The van der Waals surface area contributed by atoms with Gasteiger partial charge in [0.2, 0.25) is 0 Å². The van der Waals surface area contributed by atoms with E-state index in [0.717, 1.165) is 12.1 Å². The van der Waals surface area contributed by atoms with Gasteiger partial charge in [-0.2, -0.15) is 13.2 Å². The summed E-state index contributed by atoms with van der Waals surface area (Å²) < 4.78 is 42.1. The Kier molecular flexibility index (Phi) is 2.89. The molecule has 0 radical (unpaired) electrons. The number of oxazole rings is 1. The van der Waals surface area contributed by atoms with Gasteiger partial charge in [-0.25, -0.2) is 4.98 Å². The standard InChI is InChI=1S/C11H9F3N2O/c12-11(13,14)8-3-1-7(2-4-8)10-9(5-15)16-6-17-10/h1-4,6H,5,15H2. The number of benzene rings is 1. The molecule has 0 aliphatic rings. The third-order valence-corrected chi connectivity index (χ3v) is 2.31. The molecule has 0 unspecified atom stereocenters. The second-order valence-electron chi connectivity index (χ2n) is 3.41. The largest absolute Gasteiger partial charge is 0.443 e. The Morgan fingerprint density at radius 2 is 1.82 bits per heavy atom.